The molecule has 1 aliphatic rings. The maximum Gasteiger partial charge on any atom is 0.274 e. The number of aromatic nitrogens is 1. The molecule has 1 N–H and O–H groups in total. The van der Waals surface area contributed by atoms with Gasteiger partial charge in [-0.1, -0.05) is 6.07 Å². The van der Waals surface area contributed by atoms with Crippen molar-refractivity contribution >= 4 is 17.3 Å². The van der Waals surface area contributed by atoms with Crippen molar-refractivity contribution in [3.8, 4) is 5.75 Å². The first kappa shape index (κ1) is 15.3. The van der Waals surface area contributed by atoms with Crippen LogP contribution in [0.4, 0.5) is 11.4 Å². The number of amides is 1. The molecule has 3 rings (SSSR count). The Morgan fingerprint density at radius 3 is 2.78 bits per heavy atom. The molecule has 1 aromatic carbocycles. The number of carbonyl (C=O) groups excluding carboxylic acids is 1. The first-order chi connectivity index (χ1) is 11.3. The summed E-state index contributed by atoms with van der Waals surface area (Å²) in [7, 11) is 1.59. The third-order valence-corrected chi connectivity index (χ3v) is 3.68. The Labute approximate surface area is 135 Å². The smallest absolute Gasteiger partial charge is 0.274 e. The average Bonchev–Trinajstić information content (AvgIpc) is 2.63. The van der Waals surface area contributed by atoms with Crippen LogP contribution >= 0.6 is 0 Å². The Balaban J connectivity index is 1.67. The van der Waals surface area contributed by atoms with Crippen molar-refractivity contribution in [2.45, 2.75) is 0 Å². The maximum atomic E-state index is 12.3. The number of ether oxygens (including phenoxy) is 2. The number of hydrogen-bond acceptors (Lipinski definition) is 5. The predicted molar refractivity (Wildman–Crippen MR) is 88.2 cm³/mol. The van der Waals surface area contributed by atoms with Gasteiger partial charge < -0.3 is 19.7 Å². The van der Waals surface area contributed by atoms with Gasteiger partial charge in [-0.05, 0) is 24.3 Å². The lowest BCUT2D eigenvalue weighted by molar-refractivity contribution is 0.102. The van der Waals surface area contributed by atoms with Crippen LogP contribution in [0.5, 0.6) is 5.75 Å². The van der Waals surface area contributed by atoms with Gasteiger partial charge in [0.2, 0.25) is 0 Å². The monoisotopic (exact) mass is 313 g/mol. The lowest BCUT2D eigenvalue weighted by Gasteiger charge is -2.28. The highest BCUT2D eigenvalue weighted by Crippen LogP contribution is 2.18. The number of pyridine rings is 1. The van der Waals surface area contributed by atoms with E-state index >= 15 is 0 Å². The molecule has 0 atom stereocenters. The molecule has 1 saturated heterocycles. The summed E-state index contributed by atoms with van der Waals surface area (Å²) >= 11 is 0. The molecule has 1 aromatic heterocycles. The van der Waals surface area contributed by atoms with Crippen molar-refractivity contribution in [1.29, 1.82) is 0 Å². The Kier molecular flexibility index (Phi) is 4.73. The van der Waals surface area contributed by atoms with E-state index in [1.165, 1.54) is 0 Å². The van der Waals surface area contributed by atoms with Gasteiger partial charge in [-0.15, -0.1) is 0 Å². The zero-order valence-corrected chi connectivity index (χ0v) is 13.0. The number of carbonyl (C=O) groups is 1. The fraction of sp³-hybridized carbons (Fsp3) is 0.294. The molecule has 2 heterocycles. The van der Waals surface area contributed by atoms with Crippen molar-refractivity contribution in [2.24, 2.45) is 0 Å². The van der Waals surface area contributed by atoms with Gasteiger partial charge in [-0.2, -0.15) is 0 Å². The molecule has 0 bridgehead atoms. The number of rotatable bonds is 4. The van der Waals surface area contributed by atoms with Crippen LogP contribution in [0.2, 0.25) is 0 Å². The molecule has 120 valence electrons. The third kappa shape index (κ3) is 3.78. The highest BCUT2D eigenvalue weighted by Gasteiger charge is 2.13. The van der Waals surface area contributed by atoms with E-state index in [0.29, 0.717) is 17.1 Å². The fourth-order valence-corrected chi connectivity index (χ4v) is 2.42. The van der Waals surface area contributed by atoms with Gasteiger partial charge in [-0.3, -0.25) is 4.79 Å². The molecule has 6 heteroatoms. The van der Waals surface area contributed by atoms with Crippen LogP contribution in [0.1, 0.15) is 10.5 Å². The third-order valence-electron chi connectivity index (χ3n) is 3.68. The van der Waals surface area contributed by atoms with Crippen molar-refractivity contribution in [1.82, 2.24) is 4.98 Å². The molecule has 1 amide bonds. The van der Waals surface area contributed by atoms with E-state index in [9.17, 15) is 4.79 Å². The molecule has 1 fully saturated rings. The highest BCUT2D eigenvalue weighted by molar-refractivity contribution is 6.03. The number of nitrogens with one attached hydrogen (secondary N) is 1. The minimum Gasteiger partial charge on any atom is -0.497 e. The van der Waals surface area contributed by atoms with E-state index in [0.717, 1.165) is 32.0 Å². The van der Waals surface area contributed by atoms with Crippen LogP contribution in [0.3, 0.4) is 0 Å². The largest absolute Gasteiger partial charge is 0.497 e. The normalized spacial score (nSPS) is 14.4. The van der Waals surface area contributed by atoms with Gasteiger partial charge in [0, 0.05) is 24.8 Å². The van der Waals surface area contributed by atoms with Crippen molar-refractivity contribution in [3.63, 3.8) is 0 Å². The van der Waals surface area contributed by atoms with Gasteiger partial charge >= 0.3 is 0 Å². The zero-order chi connectivity index (χ0) is 16.1. The number of morpholine rings is 1. The second-order valence-corrected chi connectivity index (χ2v) is 5.19. The van der Waals surface area contributed by atoms with E-state index in [4.69, 9.17) is 9.47 Å². The molecule has 0 aliphatic carbocycles. The first-order valence-electron chi connectivity index (χ1n) is 7.50. The minimum absolute atomic E-state index is 0.244. The molecule has 0 unspecified atom stereocenters. The maximum absolute atomic E-state index is 12.3. The van der Waals surface area contributed by atoms with E-state index in [2.05, 4.69) is 15.2 Å². The van der Waals surface area contributed by atoms with Crippen LogP contribution in [0.15, 0.2) is 42.6 Å². The SMILES string of the molecule is COc1cccc(NC(=O)c2ccc(N3CCOCC3)cn2)c1. The molecule has 1 aliphatic heterocycles. The van der Waals surface area contributed by atoms with Crippen molar-refractivity contribution < 1.29 is 14.3 Å². The summed E-state index contributed by atoms with van der Waals surface area (Å²) in [6, 6.07) is 10.9. The summed E-state index contributed by atoms with van der Waals surface area (Å²) in [5, 5.41) is 2.82. The van der Waals surface area contributed by atoms with Crippen LogP contribution in [-0.2, 0) is 4.74 Å². The van der Waals surface area contributed by atoms with E-state index in [1.54, 1.807) is 25.4 Å². The number of methoxy groups -OCH3 is 1. The van der Waals surface area contributed by atoms with E-state index in [1.807, 2.05) is 24.3 Å². The second kappa shape index (κ2) is 7.11. The number of benzene rings is 1. The Morgan fingerprint density at radius 2 is 2.09 bits per heavy atom. The summed E-state index contributed by atoms with van der Waals surface area (Å²) in [5.41, 5.74) is 2.06. The van der Waals surface area contributed by atoms with Crippen LogP contribution in [0, 0.1) is 0 Å². The average molecular weight is 313 g/mol. The highest BCUT2D eigenvalue weighted by atomic mass is 16.5. The standard InChI is InChI=1S/C17H19N3O3/c1-22-15-4-2-3-13(11-15)19-17(21)16-6-5-14(12-18-16)20-7-9-23-10-8-20/h2-6,11-12H,7-10H2,1H3,(H,19,21). The quantitative estimate of drug-likeness (QED) is 0.937. The summed E-state index contributed by atoms with van der Waals surface area (Å²) in [6.07, 6.45) is 1.73. The lowest BCUT2D eigenvalue weighted by atomic mass is 10.2. The summed E-state index contributed by atoms with van der Waals surface area (Å²) in [5.74, 6) is 0.449. The number of anilines is 2. The Bertz CT molecular complexity index is 667. The topological polar surface area (TPSA) is 63.7 Å². The number of hydrogen-bond donors (Lipinski definition) is 1. The molecule has 0 radical (unpaired) electrons. The van der Waals surface area contributed by atoms with Crippen molar-refractivity contribution in [2.75, 3.05) is 43.6 Å². The van der Waals surface area contributed by atoms with Gasteiger partial charge in [0.05, 0.1) is 32.2 Å². The van der Waals surface area contributed by atoms with Crippen molar-refractivity contribution in [3.05, 3.63) is 48.3 Å². The molecule has 0 saturated carbocycles. The molecule has 2 aromatic rings. The van der Waals surface area contributed by atoms with Gasteiger partial charge in [0.15, 0.2) is 0 Å². The Morgan fingerprint density at radius 1 is 1.26 bits per heavy atom. The van der Waals surface area contributed by atoms with Gasteiger partial charge in [0.1, 0.15) is 11.4 Å². The van der Waals surface area contributed by atoms with E-state index in [-0.39, 0.29) is 5.91 Å². The number of nitrogens with zero attached hydrogens (tertiary/aromatic N) is 2. The molecular formula is C17H19N3O3. The molecule has 6 nitrogen and oxygen atoms in total. The molecular weight excluding hydrogens is 294 g/mol. The van der Waals surface area contributed by atoms with Crippen LogP contribution < -0.4 is 15.0 Å². The minimum atomic E-state index is -0.244. The zero-order valence-electron chi connectivity index (χ0n) is 13.0. The molecule has 0 spiro atoms. The fourth-order valence-electron chi connectivity index (χ4n) is 2.42. The summed E-state index contributed by atoms with van der Waals surface area (Å²) in [4.78, 5) is 18.7. The summed E-state index contributed by atoms with van der Waals surface area (Å²) in [6.45, 7) is 3.13. The van der Waals surface area contributed by atoms with Crippen LogP contribution in [0.25, 0.3) is 0 Å². The van der Waals surface area contributed by atoms with E-state index < -0.39 is 0 Å². The second-order valence-electron chi connectivity index (χ2n) is 5.19. The molecule has 23 heavy (non-hydrogen) atoms. The van der Waals surface area contributed by atoms with Crippen LogP contribution in [-0.4, -0.2) is 44.3 Å². The lowest BCUT2D eigenvalue weighted by Crippen LogP contribution is -2.36. The predicted octanol–water partition coefficient (Wildman–Crippen LogP) is 2.18. The van der Waals surface area contributed by atoms with Gasteiger partial charge in [-0.25, -0.2) is 4.98 Å². The summed E-state index contributed by atoms with van der Waals surface area (Å²) < 4.78 is 10.5. The van der Waals surface area contributed by atoms with Gasteiger partial charge in [0.25, 0.3) is 5.91 Å². The Hall–Kier alpha value is -2.60. The first-order valence-corrected chi connectivity index (χ1v) is 7.50.